The molecule has 2 aromatic rings. The molecule has 34 heavy (non-hydrogen) atoms. The van der Waals surface area contributed by atoms with E-state index < -0.39 is 0 Å². The van der Waals surface area contributed by atoms with Gasteiger partial charge in [0.1, 0.15) is 17.6 Å². The summed E-state index contributed by atoms with van der Waals surface area (Å²) in [7, 11) is 0. The largest absolute Gasteiger partial charge is 0.426 e. The maximum atomic E-state index is 12.6. The number of hydrogen-bond acceptors (Lipinski definition) is 3. The molecule has 1 aliphatic rings. The lowest BCUT2D eigenvalue weighted by Crippen LogP contribution is -2.22. The van der Waals surface area contributed by atoms with Crippen molar-refractivity contribution in [3.05, 3.63) is 71.8 Å². The topological polar surface area (TPSA) is 35.5 Å². The second-order valence-electron chi connectivity index (χ2n) is 8.35. The lowest BCUT2D eigenvalue weighted by molar-refractivity contribution is -0.139. The zero-order valence-electron chi connectivity index (χ0n) is 19.7. The van der Waals surface area contributed by atoms with Crippen LogP contribution in [0.3, 0.4) is 0 Å². The van der Waals surface area contributed by atoms with E-state index in [1.54, 1.807) is 0 Å². The zero-order chi connectivity index (χ0) is 24.2. The van der Waals surface area contributed by atoms with Gasteiger partial charge >= 0.3 is 5.97 Å². The average Bonchev–Trinajstić information content (AvgIpc) is 2.85. The SMILES string of the molecule is C#CC#CC#COc1ccc(-c2ccc(OC(=O)[C@H]3CC=C(CCC=C(C)C)CC3)cc2)cc1.[HH].[HH].[HH].[HH].[HH]. The molecule has 3 heteroatoms. The molecule has 0 spiro atoms. The maximum absolute atomic E-state index is 12.6. The summed E-state index contributed by atoms with van der Waals surface area (Å²) in [5.74, 6) is 10.5. The molecule has 0 aliphatic heterocycles. The highest BCUT2D eigenvalue weighted by Gasteiger charge is 2.23. The van der Waals surface area contributed by atoms with Crippen molar-refractivity contribution >= 4 is 5.97 Å². The number of carbonyl (C=O) groups is 1. The van der Waals surface area contributed by atoms with Gasteiger partial charge in [-0.2, -0.15) is 0 Å². The molecule has 3 nitrogen and oxygen atoms in total. The Labute approximate surface area is 210 Å². The molecule has 0 heterocycles. The van der Waals surface area contributed by atoms with Crippen LogP contribution < -0.4 is 9.47 Å². The van der Waals surface area contributed by atoms with Crippen LogP contribution in [0.1, 0.15) is 53.1 Å². The van der Waals surface area contributed by atoms with Gasteiger partial charge < -0.3 is 9.47 Å². The Morgan fingerprint density at radius 2 is 1.71 bits per heavy atom. The zero-order valence-corrected chi connectivity index (χ0v) is 19.7. The number of allylic oxidation sites excluding steroid dienone is 4. The van der Waals surface area contributed by atoms with E-state index in [9.17, 15) is 4.79 Å². The number of hydrogen-bond donors (Lipinski definition) is 0. The Morgan fingerprint density at radius 1 is 1.03 bits per heavy atom. The van der Waals surface area contributed by atoms with Crippen molar-refractivity contribution in [1.82, 2.24) is 0 Å². The smallest absolute Gasteiger partial charge is 0.314 e. The molecule has 0 fully saturated rings. The van der Waals surface area contributed by atoms with E-state index in [2.05, 4.69) is 55.8 Å². The van der Waals surface area contributed by atoms with Crippen LogP contribution in [0.25, 0.3) is 11.1 Å². The maximum Gasteiger partial charge on any atom is 0.314 e. The third-order valence-electron chi connectivity index (χ3n) is 5.53. The van der Waals surface area contributed by atoms with Crippen molar-refractivity contribution in [1.29, 1.82) is 0 Å². The van der Waals surface area contributed by atoms with Crippen molar-refractivity contribution in [3.63, 3.8) is 0 Å². The lowest BCUT2D eigenvalue weighted by Gasteiger charge is -2.20. The highest BCUT2D eigenvalue weighted by atomic mass is 16.5. The summed E-state index contributed by atoms with van der Waals surface area (Å²) in [6.45, 7) is 4.24. The first-order valence-electron chi connectivity index (χ1n) is 11.4. The van der Waals surface area contributed by atoms with Gasteiger partial charge in [-0.25, -0.2) is 0 Å². The summed E-state index contributed by atoms with van der Waals surface area (Å²) in [5.41, 5.74) is 4.83. The van der Waals surface area contributed by atoms with Crippen LogP contribution in [-0.2, 0) is 4.79 Å². The first-order valence-corrected chi connectivity index (χ1v) is 11.4. The molecule has 0 unspecified atom stereocenters. The molecule has 3 rings (SSSR count). The molecule has 0 bridgehead atoms. The molecule has 0 radical (unpaired) electrons. The van der Waals surface area contributed by atoms with E-state index in [1.165, 1.54) is 11.1 Å². The minimum absolute atomic E-state index is 0. The Hall–Kier alpha value is -4.13. The van der Waals surface area contributed by atoms with E-state index in [0.717, 1.165) is 43.2 Å². The second-order valence-corrected chi connectivity index (χ2v) is 8.35. The predicted octanol–water partition coefficient (Wildman–Crippen LogP) is 7.94. The predicted molar refractivity (Wildman–Crippen MR) is 147 cm³/mol. The Morgan fingerprint density at radius 3 is 2.29 bits per heavy atom. The quantitative estimate of drug-likeness (QED) is 0.183. The number of benzene rings is 2. The van der Waals surface area contributed by atoms with Gasteiger partial charge in [0.15, 0.2) is 0 Å². The van der Waals surface area contributed by atoms with E-state index in [4.69, 9.17) is 15.9 Å². The molecule has 0 saturated carbocycles. The summed E-state index contributed by atoms with van der Waals surface area (Å²) in [4.78, 5) is 12.6. The van der Waals surface area contributed by atoms with Crippen molar-refractivity contribution in [2.75, 3.05) is 0 Å². The van der Waals surface area contributed by atoms with Gasteiger partial charge in [0.2, 0.25) is 0 Å². The van der Waals surface area contributed by atoms with Crippen LogP contribution in [-0.4, -0.2) is 5.97 Å². The Kier molecular flexibility index (Phi) is 9.22. The van der Waals surface area contributed by atoms with Gasteiger partial charge in [0.25, 0.3) is 0 Å². The Bertz CT molecular complexity index is 1230. The number of carbonyl (C=O) groups excluding carboxylic acids is 1. The molecule has 0 amide bonds. The fourth-order valence-corrected chi connectivity index (χ4v) is 3.68. The van der Waals surface area contributed by atoms with E-state index in [0.29, 0.717) is 11.5 Å². The summed E-state index contributed by atoms with van der Waals surface area (Å²) >= 11 is 0. The third-order valence-corrected chi connectivity index (χ3v) is 5.53. The first-order chi connectivity index (χ1) is 16.5. The van der Waals surface area contributed by atoms with Gasteiger partial charge in [0, 0.05) is 19.0 Å². The van der Waals surface area contributed by atoms with Gasteiger partial charge in [-0.1, -0.05) is 47.6 Å². The average molecular weight is 459 g/mol. The van der Waals surface area contributed by atoms with Crippen LogP contribution in [0.2, 0.25) is 0 Å². The molecule has 0 N–H and O–H groups in total. The van der Waals surface area contributed by atoms with Gasteiger partial charge in [-0.3, -0.25) is 4.79 Å². The van der Waals surface area contributed by atoms with E-state index >= 15 is 0 Å². The second kappa shape index (κ2) is 12.8. The highest BCUT2D eigenvalue weighted by Crippen LogP contribution is 2.29. The monoisotopic (exact) mass is 458 g/mol. The summed E-state index contributed by atoms with van der Waals surface area (Å²) in [6, 6.07) is 15.1. The number of rotatable bonds is 7. The summed E-state index contributed by atoms with van der Waals surface area (Å²) in [6.07, 6.45) is 16.7. The fourth-order valence-electron chi connectivity index (χ4n) is 3.68. The van der Waals surface area contributed by atoms with Gasteiger partial charge in [-0.05, 0) is 93.2 Å². The standard InChI is InChI=1S/C31H28O3.5H2/c1-4-5-6-7-23-33-29-19-15-26(16-20-29)27-17-21-30(22-18-27)34-31(32)28-13-11-25(12-14-28)10-8-9-24(2)3;;;;;/h1,9,11,15-22,28H,8,10,12-14H2,2-3H3;5*1H/t28-;;;;;/m0...../s1. The molecule has 0 aromatic heterocycles. The van der Waals surface area contributed by atoms with Crippen molar-refractivity contribution in [2.24, 2.45) is 5.92 Å². The van der Waals surface area contributed by atoms with Crippen molar-refractivity contribution in [2.45, 2.75) is 46.0 Å². The normalized spacial score (nSPS) is 14.1. The minimum atomic E-state index is -0.151. The number of ether oxygens (including phenoxy) is 2. The van der Waals surface area contributed by atoms with Crippen LogP contribution in [0.15, 0.2) is 71.8 Å². The first kappa shape index (κ1) is 24.5. The molecule has 180 valence electrons. The van der Waals surface area contributed by atoms with E-state index in [1.807, 2.05) is 48.5 Å². The van der Waals surface area contributed by atoms with E-state index in [-0.39, 0.29) is 19.0 Å². The minimum Gasteiger partial charge on any atom is -0.426 e. The molecule has 2 aromatic carbocycles. The Balaban J connectivity index is -0.00000259. The summed E-state index contributed by atoms with van der Waals surface area (Å²) in [5, 5.41) is 0. The van der Waals surface area contributed by atoms with Gasteiger partial charge in [0.05, 0.1) is 5.92 Å². The molecular weight excluding hydrogens is 420 g/mol. The molecule has 1 atom stereocenters. The summed E-state index contributed by atoms with van der Waals surface area (Å²) < 4.78 is 11.0. The lowest BCUT2D eigenvalue weighted by atomic mass is 9.88. The third kappa shape index (κ3) is 7.78. The van der Waals surface area contributed by atoms with Crippen LogP contribution in [0.4, 0.5) is 0 Å². The highest BCUT2D eigenvalue weighted by molar-refractivity contribution is 5.76. The van der Waals surface area contributed by atoms with Gasteiger partial charge in [-0.15, -0.1) is 6.42 Å². The molecule has 1 aliphatic carbocycles. The molecular formula is C31H38O3. The van der Waals surface area contributed by atoms with Crippen molar-refractivity contribution in [3.8, 4) is 58.8 Å². The molecule has 0 saturated heterocycles. The van der Waals surface area contributed by atoms with Crippen LogP contribution in [0, 0.1) is 42.1 Å². The van der Waals surface area contributed by atoms with Crippen LogP contribution >= 0.6 is 0 Å². The van der Waals surface area contributed by atoms with Crippen molar-refractivity contribution < 1.29 is 21.4 Å². The van der Waals surface area contributed by atoms with Crippen LogP contribution in [0.5, 0.6) is 11.5 Å². The number of terminal acetylenes is 1. The fraction of sp³-hybridized carbons (Fsp3) is 0.258. The number of esters is 1.